The lowest BCUT2D eigenvalue weighted by Crippen LogP contribution is -2.54. The lowest BCUT2D eigenvalue weighted by molar-refractivity contribution is -0.131. The number of fused-ring (bicyclic) bond motifs is 2. The van der Waals surface area contributed by atoms with Crippen molar-refractivity contribution in [1.29, 1.82) is 0 Å². The van der Waals surface area contributed by atoms with Crippen molar-refractivity contribution in [3.8, 4) is 0 Å². The zero-order valence-electron chi connectivity index (χ0n) is 19.5. The third-order valence-corrected chi connectivity index (χ3v) is 9.01. The Hall–Kier alpha value is -0.950. The van der Waals surface area contributed by atoms with Crippen LogP contribution in [0.4, 0.5) is 0 Å². The summed E-state index contributed by atoms with van der Waals surface area (Å²) in [4.78, 5) is 17.8. The molecule has 2 aliphatic heterocycles. The second-order valence-electron chi connectivity index (χ2n) is 9.99. The van der Waals surface area contributed by atoms with Gasteiger partial charge in [-0.1, -0.05) is 26.7 Å². The minimum absolute atomic E-state index is 0.0713. The van der Waals surface area contributed by atoms with Gasteiger partial charge in [-0.3, -0.25) is 4.79 Å². The molecule has 31 heavy (non-hydrogen) atoms. The summed E-state index contributed by atoms with van der Waals surface area (Å²) in [5, 5.41) is 13.0. The van der Waals surface area contributed by atoms with Crippen molar-refractivity contribution in [3.63, 3.8) is 0 Å². The number of aliphatic hydroxyl groups excluding tert-OH is 1. The number of likely N-dealkylation sites (tertiary alicyclic amines) is 1. The molecule has 1 spiro atoms. The van der Waals surface area contributed by atoms with E-state index < -0.39 is 6.10 Å². The van der Waals surface area contributed by atoms with Crippen LogP contribution in [0.2, 0.25) is 0 Å². The van der Waals surface area contributed by atoms with Crippen molar-refractivity contribution < 1.29 is 14.6 Å². The maximum absolute atomic E-state index is 12.1. The third kappa shape index (κ3) is 5.02. The number of nitrogens with one attached hydrogen (secondary N) is 1. The molecule has 4 rings (SSSR count). The monoisotopic (exact) mass is 448 g/mol. The highest BCUT2D eigenvalue weighted by atomic mass is 32.1. The second-order valence-corrected chi connectivity index (χ2v) is 11.2. The number of rotatable bonds is 8. The Kier molecular flexibility index (Phi) is 7.41. The van der Waals surface area contributed by atoms with Crippen LogP contribution >= 0.6 is 11.3 Å². The number of ether oxygens (including phenoxy) is 1. The smallest absolute Gasteiger partial charge is 0.249 e. The molecular weight excluding hydrogens is 408 g/mol. The molecule has 1 aliphatic carbocycles. The number of piperidine rings is 1. The van der Waals surface area contributed by atoms with Crippen molar-refractivity contribution in [2.45, 2.75) is 102 Å². The van der Waals surface area contributed by atoms with Gasteiger partial charge >= 0.3 is 0 Å². The predicted octanol–water partition coefficient (Wildman–Crippen LogP) is 4.01. The average Bonchev–Trinajstić information content (AvgIpc) is 3.17. The van der Waals surface area contributed by atoms with Gasteiger partial charge in [0, 0.05) is 41.3 Å². The Morgan fingerprint density at radius 2 is 2.23 bits per heavy atom. The Morgan fingerprint density at radius 3 is 2.94 bits per heavy atom. The van der Waals surface area contributed by atoms with Crippen LogP contribution in [0.15, 0.2) is 6.07 Å². The van der Waals surface area contributed by atoms with Gasteiger partial charge in [0.15, 0.2) is 0 Å². The Balaban J connectivity index is 1.25. The van der Waals surface area contributed by atoms with E-state index in [-0.39, 0.29) is 17.6 Å². The number of carbonyl (C=O) groups is 1. The van der Waals surface area contributed by atoms with E-state index >= 15 is 0 Å². The number of hydrogen-bond acceptors (Lipinski definition) is 5. The topological polar surface area (TPSA) is 61.8 Å². The normalized spacial score (nSPS) is 31.8. The van der Waals surface area contributed by atoms with Crippen molar-refractivity contribution in [1.82, 2.24) is 10.2 Å². The van der Waals surface area contributed by atoms with Gasteiger partial charge in [0.25, 0.3) is 0 Å². The van der Waals surface area contributed by atoms with Crippen LogP contribution in [-0.4, -0.2) is 53.8 Å². The molecule has 2 fully saturated rings. The SMILES string of the molecule is CCCCC(O)C(=O)NC1CC(CN2CC[C@]3(C[C@@H]2C)OCCc2sc(CC)cc23)C1. The summed E-state index contributed by atoms with van der Waals surface area (Å²) in [6.07, 6.45) is 8.04. The summed E-state index contributed by atoms with van der Waals surface area (Å²) in [7, 11) is 0. The van der Waals surface area contributed by atoms with E-state index in [2.05, 4.69) is 37.1 Å². The van der Waals surface area contributed by atoms with Crippen molar-refractivity contribution >= 4 is 17.2 Å². The van der Waals surface area contributed by atoms with Crippen molar-refractivity contribution in [3.05, 3.63) is 21.4 Å². The first kappa shape index (κ1) is 23.2. The van der Waals surface area contributed by atoms with E-state index in [1.54, 1.807) is 4.88 Å². The van der Waals surface area contributed by atoms with E-state index in [0.717, 1.165) is 71.1 Å². The first-order valence-corrected chi connectivity index (χ1v) is 13.2. The van der Waals surface area contributed by atoms with E-state index in [0.29, 0.717) is 18.4 Å². The number of hydrogen-bond donors (Lipinski definition) is 2. The number of unbranched alkanes of at least 4 members (excludes halogenated alkanes) is 1. The molecule has 3 aliphatic rings. The van der Waals surface area contributed by atoms with Gasteiger partial charge in [-0.15, -0.1) is 11.3 Å². The van der Waals surface area contributed by atoms with Crippen LogP contribution in [-0.2, 0) is 28.0 Å². The highest BCUT2D eigenvalue weighted by Crippen LogP contribution is 2.46. The number of amides is 1. The fourth-order valence-corrected chi connectivity index (χ4v) is 6.88. The Morgan fingerprint density at radius 1 is 1.42 bits per heavy atom. The highest BCUT2D eigenvalue weighted by Gasteiger charge is 2.45. The quantitative estimate of drug-likeness (QED) is 0.631. The van der Waals surface area contributed by atoms with E-state index in [1.807, 2.05) is 11.3 Å². The number of nitrogens with zero attached hydrogens (tertiary/aromatic N) is 1. The highest BCUT2D eigenvalue weighted by molar-refractivity contribution is 7.12. The molecule has 2 N–H and O–H groups in total. The zero-order valence-corrected chi connectivity index (χ0v) is 20.3. The van der Waals surface area contributed by atoms with Gasteiger partial charge in [-0.2, -0.15) is 0 Å². The number of thiophene rings is 1. The third-order valence-electron chi connectivity index (χ3n) is 7.67. The molecule has 3 heterocycles. The van der Waals surface area contributed by atoms with E-state index in [9.17, 15) is 9.90 Å². The molecule has 0 radical (unpaired) electrons. The molecule has 174 valence electrons. The average molecular weight is 449 g/mol. The van der Waals surface area contributed by atoms with Crippen LogP contribution in [0.1, 0.15) is 81.0 Å². The predicted molar refractivity (Wildman–Crippen MR) is 125 cm³/mol. The molecule has 1 aromatic heterocycles. The zero-order chi connectivity index (χ0) is 22.0. The van der Waals surface area contributed by atoms with Crippen molar-refractivity contribution in [2.24, 2.45) is 5.92 Å². The van der Waals surface area contributed by atoms with Gasteiger partial charge in [0.1, 0.15) is 6.10 Å². The number of aliphatic hydroxyl groups is 1. The summed E-state index contributed by atoms with van der Waals surface area (Å²) in [5.74, 6) is 0.461. The van der Waals surface area contributed by atoms with Crippen LogP contribution in [0, 0.1) is 5.92 Å². The van der Waals surface area contributed by atoms with E-state index in [1.165, 1.54) is 10.4 Å². The standard InChI is InChI=1S/C25H40N2O3S/c1-4-6-7-22(28)24(29)26-19-12-18(13-19)16-27-10-9-25(15-17(27)3)21-14-20(5-2)31-23(21)8-11-30-25/h14,17-19,22,28H,4-13,15-16H2,1-3H3,(H,26,29)/t17-,18?,19?,22?,25+/m0/s1. The summed E-state index contributed by atoms with van der Waals surface area (Å²) in [6, 6.07) is 3.17. The van der Waals surface area contributed by atoms with Gasteiger partial charge in [0.05, 0.1) is 12.2 Å². The molecule has 0 aromatic carbocycles. The molecule has 5 nitrogen and oxygen atoms in total. The Labute approximate surface area is 191 Å². The molecule has 6 heteroatoms. The van der Waals surface area contributed by atoms with Gasteiger partial charge in [0.2, 0.25) is 5.91 Å². The summed E-state index contributed by atoms with van der Waals surface area (Å²) in [6.45, 7) is 9.73. The second kappa shape index (κ2) is 9.90. The lowest BCUT2D eigenvalue weighted by atomic mass is 9.76. The fraction of sp³-hybridized carbons (Fsp3) is 0.800. The molecular formula is C25H40N2O3S. The molecule has 0 bridgehead atoms. The fourth-order valence-electron chi connectivity index (χ4n) is 5.71. The van der Waals surface area contributed by atoms with Crippen LogP contribution in [0.3, 0.4) is 0 Å². The van der Waals surface area contributed by atoms with Crippen LogP contribution in [0.5, 0.6) is 0 Å². The summed E-state index contributed by atoms with van der Waals surface area (Å²) < 4.78 is 6.47. The van der Waals surface area contributed by atoms with Gasteiger partial charge < -0.3 is 20.1 Å². The molecule has 3 atom stereocenters. The molecule has 1 aromatic rings. The molecule has 1 amide bonds. The van der Waals surface area contributed by atoms with Gasteiger partial charge in [-0.05, 0) is 63.0 Å². The molecule has 1 unspecified atom stereocenters. The molecule has 1 saturated heterocycles. The maximum atomic E-state index is 12.1. The minimum Gasteiger partial charge on any atom is -0.383 e. The maximum Gasteiger partial charge on any atom is 0.249 e. The van der Waals surface area contributed by atoms with Gasteiger partial charge in [-0.25, -0.2) is 0 Å². The summed E-state index contributed by atoms with van der Waals surface area (Å²) >= 11 is 1.99. The lowest BCUT2D eigenvalue weighted by Gasteiger charge is -2.49. The first-order valence-electron chi connectivity index (χ1n) is 12.4. The number of aryl methyl sites for hydroxylation is 1. The van der Waals surface area contributed by atoms with E-state index in [4.69, 9.17) is 4.74 Å². The largest absolute Gasteiger partial charge is 0.383 e. The van der Waals surface area contributed by atoms with Crippen molar-refractivity contribution in [2.75, 3.05) is 19.7 Å². The first-order chi connectivity index (χ1) is 14.9. The molecule has 1 saturated carbocycles. The van der Waals surface area contributed by atoms with Crippen LogP contribution in [0.25, 0.3) is 0 Å². The number of carbonyl (C=O) groups excluding carboxylic acids is 1. The summed E-state index contributed by atoms with van der Waals surface area (Å²) in [5.41, 5.74) is 1.41. The Bertz CT molecular complexity index is 760. The van der Waals surface area contributed by atoms with Crippen LogP contribution < -0.4 is 5.32 Å². The minimum atomic E-state index is -0.844.